The molecule has 0 aliphatic rings. The van der Waals surface area contributed by atoms with E-state index in [2.05, 4.69) is 5.32 Å². The highest BCUT2D eigenvalue weighted by Crippen LogP contribution is 2.25. The molecule has 1 atom stereocenters. The van der Waals surface area contributed by atoms with Crippen molar-refractivity contribution in [2.24, 2.45) is 0 Å². The van der Waals surface area contributed by atoms with Crippen molar-refractivity contribution in [3.05, 3.63) is 33.9 Å². The van der Waals surface area contributed by atoms with Crippen LogP contribution in [0.1, 0.15) is 24.2 Å². The molecule has 1 aromatic carbocycles. The van der Waals surface area contributed by atoms with E-state index in [1.54, 1.807) is 6.92 Å². The van der Waals surface area contributed by atoms with E-state index in [-0.39, 0.29) is 12.1 Å². The number of hydrogen-bond acceptors (Lipinski definition) is 8. The Kier molecular flexibility index (Phi) is 6.78. The van der Waals surface area contributed by atoms with Gasteiger partial charge in [-0.15, -0.1) is 0 Å². The minimum absolute atomic E-state index is 0.281. The number of nitro benzene ring substituents is 1. The molecule has 0 radical (unpaired) electrons. The number of amides is 3. The minimum Gasteiger partial charge on any atom is -0.449 e. The van der Waals surface area contributed by atoms with Gasteiger partial charge < -0.3 is 10.1 Å². The molecule has 1 rings (SSSR count). The Labute approximate surface area is 148 Å². The van der Waals surface area contributed by atoms with Crippen molar-refractivity contribution in [1.82, 2.24) is 10.6 Å². The molecular formula is C14H17N3O8S. The van der Waals surface area contributed by atoms with Gasteiger partial charge in [0.25, 0.3) is 11.6 Å². The van der Waals surface area contributed by atoms with Gasteiger partial charge in [-0.2, -0.15) is 0 Å². The van der Waals surface area contributed by atoms with Gasteiger partial charge in [0, 0.05) is 18.9 Å². The molecule has 2 N–H and O–H groups in total. The molecule has 0 spiro atoms. The van der Waals surface area contributed by atoms with Gasteiger partial charge in [0.15, 0.2) is 15.9 Å². The van der Waals surface area contributed by atoms with Crippen LogP contribution in [0.15, 0.2) is 23.1 Å². The second-order valence-corrected chi connectivity index (χ2v) is 7.09. The molecule has 12 heteroatoms. The number of nitrogens with zero attached hydrogens (tertiary/aromatic N) is 1. The summed E-state index contributed by atoms with van der Waals surface area (Å²) in [6, 6.07) is 1.91. The first-order chi connectivity index (χ1) is 12.0. The first kappa shape index (κ1) is 21.0. The third-order valence-corrected chi connectivity index (χ3v) is 4.16. The maximum Gasteiger partial charge on any atom is 0.339 e. The molecule has 0 fully saturated rings. The average Bonchev–Trinajstić information content (AvgIpc) is 2.53. The monoisotopic (exact) mass is 387 g/mol. The molecule has 11 nitrogen and oxygen atoms in total. The molecule has 1 aromatic rings. The van der Waals surface area contributed by atoms with Crippen LogP contribution in [0.5, 0.6) is 0 Å². The fraction of sp³-hybridized carbons (Fsp3) is 0.357. The highest BCUT2D eigenvalue weighted by atomic mass is 32.2. The third-order valence-electron chi connectivity index (χ3n) is 3.02. The molecule has 3 amide bonds. The van der Waals surface area contributed by atoms with E-state index < -0.39 is 49.4 Å². The largest absolute Gasteiger partial charge is 0.449 e. The number of nitro groups is 1. The van der Waals surface area contributed by atoms with Crippen molar-refractivity contribution in [2.75, 3.05) is 12.8 Å². The Bertz CT molecular complexity index is 850. The summed E-state index contributed by atoms with van der Waals surface area (Å²) in [5, 5.41) is 15.3. The first-order valence-corrected chi connectivity index (χ1v) is 9.14. The first-order valence-electron chi connectivity index (χ1n) is 7.25. The summed E-state index contributed by atoms with van der Waals surface area (Å²) in [5.74, 6) is -1.99. The van der Waals surface area contributed by atoms with Crippen molar-refractivity contribution < 1.29 is 32.5 Å². The lowest BCUT2D eigenvalue weighted by atomic mass is 10.2. The van der Waals surface area contributed by atoms with Crippen LogP contribution in [-0.4, -0.2) is 50.2 Å². The molecule has 142 valence electrons. The predicted octanol–water partition coefficient (Wildman–Crippen LogP) is 0.389. The van der Waals surface area contributed by atoms with Crippen LogP contribution in [0.3, 0.4) is 0 Å². The number of ether oxygens (including phenoxy) is 1. The number of carbonyl (C=O) groups is 3. The highest BCUT2D eigenvalue weighted by Gasteiger charge is 2.26. The summed E-state index contributed by atoms with van der Waals surface area (Å²) in [4.78, 5) is 44.5. The quantitative estimate of drug-likeness (QED) is 0.402. The maximum atomic E-state index is 12.0. The summed E-state index contributed by atoms with van der Waals surface area (Å²) in [6.07, 6.45) is -0.570. The van der Waals surface area contributed by atoms with E-state index >= 15 is 0 Å². The van der Waals surface area contributed by atoms with Gasteiger partial charge in [-0.25, -0.2) is 18.0 Å². The van der Waals surface area contributed by atoms with Gasteiger partial charge in [0.05, 0.1) is 10.5 Å². The lowest BCUT2D eigenvalue weighted by Gasteiger charge is -2.13. The van der Waals surface area contributed by atoms with Crippen LogP contribution in [0.2, 0.25) is 0 Å². The molecule has 0 aliphatic heterocycles. The van der Waals surface area contributed by atoms with Crippen LogP contribution < -0.4 is 10.6 Å². The topological polar surface area (TPSA) is 162 Å². The Balaban J connectivity index is 2.97. The number of imide groups is 1. The van der Waals surface area contributed by atoms with Gasteiger partial charge >= 0.3 is 12.0 Å². The Morgan fingerprint density at radius 1 is 1.31 bits per heavy atom. The number of nitrogens with one attached hydrogen (secondary N) is 2. The summed E-state index contributed by atoms with van der Waals surface area (Å²) < 4.78 is 27.9. The zero-order chi connectivity index (χ0) is 20.1. The average molecular weight is 387 g/mol. The zero-order valence-electron chi connectivity index (χ0n) is 14.1. The molecule has 26 heavy (non-hydrogen) atoms. The van der Waals surface area contributed by atoms with Gasteiger partial charge in [0.2, 0.25) is 0 Å². The lowest BCUT2D eigenvalue weighted by Crippen LogP contribution is -2.44. The second kappa shape index (κ2) is 8.38. The van der Waals surface area contributed by atoms with Gasteiger partial charge in [0.1, 0.15) is 4.90 Å². The number of hydrogen-bond donors (Lipinski definition) is 2. The van der Waals surface area contributed by atoms with E-state index in [9.17, 15) is 32.9 Å². The van der Waals surface area contributed by atoms with Crippen molar-refractivity contribution in [3.8, 4) is 0 Å². The molecule has 0 heterocycles. The van der Waals surface area contributed by atoms with Crippen LogP contribution in [-0.2, 0) is 19.4 Å². The van der Waals surface area contributed by atoms with Crippen molar-refractivity contribution in [2.45, 2.75) is 24.8 Å². The predicted molar refractivity (Wildman–Crippen MR) is 88.3 cm³/mol. The number of benzene rings is 1. The van der Waals surface area contributed by atoms with E-state index in [0.29, 0.717) is 0 Å². The highest BCUT2D eigenvalue weighted by molar-refractivity contribution is 7.90. The summed E-state index contributed by atoms with van der Waals surface area (Å²) in [7, 11) is -3.88. The fourth-order valence-corrected chi connectivity index (χ4v) is 2.63. The Morgan fingerprint density at radius 2 is 1.92 bits per heavy atom. The van der Waals surface area contributed by atoms with Crippen LogP contribution in [0, 0.1) is 10.1 Å². The second-order valence-electron chi connectivity index (χ2n) is 5.11. The normalized spacial score (nSPS) is 12.0. The van der Waals surface area contributed by atoms with Gasteiger partial charge in [-0.3, -0.25) is 20.2 Å². The number of rotatable bonds is 6. The summed E-state index contributed by atoms with van der Waals surface area (Å²) in [6.45, 7) is 3.12. The van der Waals surface area contributed by atoms with Crippen molar-refractivity contribution >= 4 is 33.4 Å². The fourth-order valence-electron chi connectivity index (χ4n) is 1.80. The molecular weight excluding hydrogens is 370 g/mol. The summed E-state index contributed by atoms with van der Waals surface area (Å²) in [5.41, 5.74) is -1.11. The smallest absolute Gasteiger partial charge is 0.339 e. The molecule has 0 aromatic heterocycles. The summed E-state index contributed by atoms with van der Waals surface area (Å²) >= 11 is 0. The number of urea groups is 1. The van der Waals surface area contributed by atoms with E-state index in [1.165, 1.54) is 6.92 Å². The lowest BCUT2D eigenvalue weighted by molar-refractivity contribution is -0.387. The van der Waals surface area contributed by atoms with Crippen LogP contribution >= 0.6 is 0 Å². The number of esters is 1. The molecule has 0 saturated heterocycles. The Hall–Kier alpha value is -3.02. The third kappa shape index (κ3) is 5.51. The van der Waals surface area contributed by atoms with E-state index in [4.69, 9.17) is 4.74 Å². The van der Waals surface area contributed by atoms with E-state index in [0.717, 1.165) is 24.5 Å². The van der Waals surface area contributed by atoms with Crippen LogP contribution in [0.4, 0.5) is 10.5 Å². The maximum absolute atomic E-state index is 12.0. The van der Waals surface area contributed by atoms with E-state index in [1.807, 2.05) is 5.32 Å². The molecule has 0 aliphatic carbocycles. The number of sulfone groups is 1. The number of carbonyl (C=O) groups excluding carboxylic acids is 3. The van der Waals surface area contributed by atoms with Crippen molar-refractivity contribution in [3.63, 3.8) is 0 Å². The minimum atomic E-state index is -3.88. The Morgan fingerprint density at radius 3 is 2.42 bits per heavy atom. The van der Waals surface area contributed by atoms with Gasteiger partial charge in [-0.1, -0.05) is 0 Å². The standard InChI is InChI=1S/C14H17N3O8S/c1-4-15-14(20)16-12(18)8(2)25-13(19)9-5-6-11(26(3,23)24)10(7-9)17(21)22/h5-8H,4H2,1-3H3,(H2,15,16,18,20)/t8-/m1/s1. The molecule has 0 unspecified atom stereocenters. The van der Waals surface area contributed by atoms with Gasteiger partial charge in [-0.05, 0) is 26.0 Å². The molecule has 0 saturated carbocycles. The van der Waals surface area contributed by atoms with Crippen LogP contribution in [0.25, 0.3) is 0 Å². The van der Waals surface area contributed by atoms with Crippen molar-refractivity contribution in [1.29, 1.82) is 0 Å². The molecule has 0 bridgehead atoms. The SMILES string of the molecule is CCNC(=O)NC(=O)[C@@H](C)OC(=O)c1ccc(S(C)(=O)=O)c([N+](=O)[O-])c1. The zero-order valence-corrected chi connectivity index (χ0v) is 15.0.